The molecular weight excluding hydrogens is 188 g/mol. The maximum atomic E-state index is 4.18. The average molecular weight is 198 g/mol. The molecule has 0 aliphatic carbocycles. The van der Waals surface area contributed by atoms with Gasteiger partial charge in [0, 0.05) is 24.3 Å². The van der Waals surface area contributed by atoms with Gasteiger partial charge in [-0.2, -0.15) is 5.10 Å². The van der Waals surface area contributed by atoms with Crippen LogP contribution in [-0.2, 0) is 6.54 Å². The predicted molar refractivity (Wildman–Crippen MR) is 55.9 cm³/mol. The van der Waals surface area contributed by atoms with Gasteiger partial charge in [0.05, 0.1) is 0 Å². The SMILES string of the molecule is Cc1ccnc(C#CCn2cccn2)n1. The van der Waals surface area contributed by atoms with Crippen molar-refractivity contribution < 1.29 is 0 Å². The number of aryl methyl sites for hydroxylation is 1. The number of aromatic nitrogens is 4. The smallest absolute Gasteiger partial charge is 0.205 e. The maximum absolute atomic E-state index is 4.18. The Morgan fingerprint density at radius 1 is 1.40 bits per heavy atom. The second-order valence-corrected chi connectivity index (χ2v) is 3.03. The molecule has 0 aliphatic rings. The van der Waals surface area contributed by atoms with Gasteiger partial charge in [-0.25, -0.2) is 9.97 Å². The summed E-state index contributed by atoms with van der Waals surface area (Å²) in [7, 11) is 0. The van der Waals surface area contributed by atoms with Crippen LogP contribution >= 0.6 is 0 Å². The van der Waals surface area contributed by atoms with Crippen molar-refractivity contribution in [2.75, 3.05) is 0 Å². The van der Waals surface area contributed by atoms with Gasteiger partial charge in [0.15, 0.2) is 0 Å². The molecule has 0 spiro atoms. The van der Waals surface area contributed by atoms with Gasteiger partial charge in [-0.3, -0.25) is 4.68 Å². The van der Waals surface area contributed by atoms with Gasteiger partial charge < -0.3 is 0 Å². The molecule has 4 nitrogen and oxygen atoms in total. The van der Waals surface area contributed by atoms with Crippen molar-refractivity contribution in [1.82, 2.24) is 19.7 Å². The van der Waals surface area contributed by atoms with Crippen LogP contribution in [0.3, 0.4) is 0 Å². The second kappa shape index (κ2) is 4.38. The van der Waals surface area contributed by atoms with Crippen molar-refractivity contribution in [3.8, 4) is 11.8 Å². The van der Waals surface area contributed by atoms with E-state index in [0.717, 1.165) is 5.69 Å². The highest BCUT2D eigenvalue weighted by Gasteiger charge is 1.89. The monoisotopic (exact) mass is 198 g/mol. The molecule has 0 unspecified atom stereocenters. The Hall–Kier alpha value is -2.15. The van der Waals surface area contributed by atoms with Crippen LogP contribution in [0.1, 0.15) is 11.5 Å². The molecule has 0 aromatic carbocycles. The maximum Gasteiger partial charge on any atom is 0.205 e. The van der Waals surface area contributed by atoms with Gasteiger partial charge in [-0.1, -0.05) is 5.92 Å². The molecule has 0 radical (unpaired) electrons. The summed E-state index contributed by atoms with van der Waals surface area (Å²) in [5.74, 6) is 6.41. The lowest BCUT2D eigenvalue weighted by Crippen LogP contribution is -1.95. The van der Waals surface area contributed by atoms with E-state index in [4.69, 9.17) is 0 Å². The number of rotatable bonds is 1. The summed E-state index contributed by atoms with van der Waals surface area (Å²) in [6.07, 6.45) is 5.30. The molecule has 74 valence electrons. The van der Waals surface area contributed by atoms with Crippen molar-refractivity contribution in [3.63, 3.8) is 0 Å². The van der Waals surface area contributed by atoms with Crippen LogP contribution in [0.5, 0.6) is 0 Å². The lowest BCUT2D eigenvalue weighted by atomic mass is 10.4. The molecule has 0 bridgehead atoms. The zero-order chi connectivity index (χ0) is 10.5. The Kier molecular flexibility index (Phi) is 2.75. The topological polar surface area (TPSA) is 43.6 Å². The predicted octanol–water partition coefficient (Wildman–Crippen LogP) is 1.03. The van der Waals surface area contributed by atoms with E-state index < -0.39 is 0 Å². The van der Waals surface area contributed by atoms with E-state index in [-0.39, 0.29) is 0 Å². The van der Waals surface area contributed by atoms with Crippen molar-refractivity contribution >= 4 is 0 Å². The van der Waals surface area contributed by atoms with E-state index in [1.54, 1.807) is 17.1 Å². The summed E-state index contributed by atoms with van der Waals surface area (Å²) < 4.78 is 1.75. The Morgan fingerprint density at radius 3 is 3.07 bits per heavy atom. The first kappa shape index (κ1) is 9.41. The largest absolute Gasteiger partial charge is 0.261 e. The zero-order valence-electron chi connectivity index (χ0n) is 8.38. The minimum Gasteiger partial charge on any atom is -0.261 e. The standard InChI is InChI=1S/C11H10N4/c1-10-5-7-12-11(14-10)4-2-8-15-9-3-6-13-15/h3,5-7,9H,8H2,1H3. The van der Waals surface area contributed by atoms with Gasteiger partial charge in [-0.15, -0.1) is 0 Å². The summed E-state index contributed by atoms with van der Waals surface area (Å²) in [5.41, 5.74) is 0.924. The quantitative estimate of drug-likeness (QED) is 0.643. The van der Waals surface area contributed by atoms with E-state index in [1.165, 1.54) is 0 Å². The highest BCUT2D eigenvalue weighted by atomic mass is 15.3. The molecular formula is C11H10N4. The first-order chi connectivity index (χ1) is 7.34. The summed E-state index contributed by atoms with van der Waals surface area (Å²) in [6, 6.07) is 3.71. The summed E-state index contributed by atoms with van der Waals surface area (Å²) in [6.45, 7) is 2.48. The highest BCUT2D eigenvalue weighted by molar-refractivity contribution is 5.21. The van der Waals surface area contributed by atoms with Crippen molar-refractivity contribution in [1.29, 1.82) is 0 Å². The minimum atomic E-state index is 0.558. The highest BCUT2D eigenvalue weighted by Crippen LogP contribution is 1.91. The summed E-state index contributed by atoms with van der Waals surface area (Å²) >= 11 is 0. The number of hydrogen-bond donors (Lipinski definition) is 0. The van der Waals surface area contributed by atoms with Gasteiger partial charge in [0.25, 0.3) is 0 Å². The van der Waals surface area contributed by atoms with E-state index in [9.17, 15) is 0 Å². The lowest BCUT2D eigenvalue weighted by molar-refractivity contribution is 0.715. The molecule has 2 heterocycles. The van der Waals surface area contributed by atoms with Gasteiger partial charge >= 0.3 is 0 Å². The van der Waals surface area contributed by atoms with Gasteiger partial charge in [-0.05, 0) is 25.0 Å². The van der Waals surface area contributed by atoms with Crippen LogP contribution in [0.2, 0.25) is 0 Å². The second-order valence-electron chi connectivity index (χ2n) is 3.03. The van der Waals surface area contributed by atoms with Crippen LogP contribution in [-0.4, -0.2) is 19.7 Å². The van der Waals surface area contributed by atoms with Crippen molar-refractivity contribution in [3.05, 3.63) is 42.2 Å². The molecule has 0 saturated heterocycles. The molecule has 2 aromatic heterocycles. The molecule has 0 N–H and O–H groups in total. The molecule has 2 aromatic rings. The van der Waals surface area contributed by atoms with Crippen LogP contribution in [0.25, 0.3) is 0 Å². The third-order valence-electron chi connectivity index (χ3n) is 1.80. The van der Waals surface area contributed by atoms with Crippen LogP contribution in [0, 0.1) is 18.8 Å². The third-order valence-corrected chi connectivity index (χ3v) is 1.80. The number of hydrogen-bond acceptors (Lipinski definition) is 3. The van der Waals surface area contributed by atoms with Gasteiger partial charge in [0.2, 0.25) is 5.82 Å². The Morgan fingerprint density at radius 2 is 2.33 bits per heavy atom. The number of nitrogens with zero attached hydrogens (tertiary/aromatic N) is 4. The molecule has 15 heavy (non-hydrogen) atoms. The molecule has 0 amide bonds. The van der Waals surface area contributed by atoms with E-state index in [2.05, 4.69) is 26.9 Å². The molecule has 2 rings (SSSR count). The average Bonchev–Trinajstić information content (AvgIpc) is 2.71. The zero-order valence-corrected chi connectivity index (χ0v) is 8.38. The molecule has 0 aliphatic heterocycles. The first-order valence-corrected chi connectivity index (χ1v) is 4.60. The third kappa shape index (κ3) is 2.64. The molecule has 4 heteroatoms. The van der Waals surface area contributed by atoms with Crippen molar-refractivity contribution in [2.45, 2.75) is 13.5 Å². The van der Waals surface area contributed by atoms with Crippen molar-refractivity contribution in [2.24, 2.45) is 0 Å². The van der Waals surface area contributed by atoms with E-state index in [1.807, 2.05) is 25.3 Å². The Balaban J connectivity index is 2.06. The van der Waals surface area contributed by atoms with Crippen LogP contribution in [0.4, 0.5) is 0 Å². The van der Waals surface area contributed by atoms with E-state index >= 15 is 0 Å². The molecule has 0 saturated carbocycles. The lowest BCUT2D eigenvalue weighted by Gasteiger charge is -1.92. The normalized spacial score (nSPS) is 9.40. The molecule has 0 fully saturated rings. The Bertz CT molecular complexity index is 491. The van der Waals surface area contributed by atoms with Crippen LogP contribution < -0.4 is 0 Å². The van der Waals surface area contributed by atoms with Crippen LogP contribution in [0.15, 0.2) is 30.7 Å². The van der Waals surface area contributed by atoms with E-state index in [0.29, 0.717) is 12.4 Å². The molecule has 0 atom stereocenters. The fraction of sp³-hybridized carbons (Fsp3) is 0.182. The fourth-order valence-corrected chi connectivity index (χ4v) is 1.10. The first-order valence-electron chi connectivity index (χ1n) is 4.60. The summed E-state index contributed by atoms with van der Waals surface area (Å²) in [5, 5.41) is 4.04. The van der Waals surface area contributed by atoms with Gasteiger partial charge in [0.1, 0.15) is 6.54 Å². The summed E-state index contributed by atoms with van der Waals surface area (Å²) in [4.78, 5) is 8.22. The minimum absolute atomic E-state index is 0.558. The Labute approximate surface area is 88.0 Å². The fourth-order valence-electron chi connectivity index (χ4n) is 1.10.